The Bertz CT molecular complexity index is 776. The van der Waals surface area contributed by atoms with Crippen molar-refractivity contribution in [3.63, 3.8) is 0 Å². The van der Waals surface area contributed by atoms with Gasteiger partial charge in [0.25, 0.3) is 0 Å². The summed E-state index contributed by atoms with van der Waals surface area (Å²) in [7, 11) is -2.27. The van der Waals surface area contributed by atoms with E-state index in [1.54, 1.807) is 22.3 Å². The largest absolute Gasteiger partial charge is 2.00 e. The van der Waals surface area contributed by atoms with Crippen LogP contribution in [0.1, 0.15) is 153 Å². The van der Waals surface area contributed by atoms with Gasteiger partial charge >= 0.3 is 97.8 Å². The van der Waals surface area contributed by atoms with E-state index in [9.17, 15) is 0 Å². The number of hydrogen-bond donors (Lipinski definition) is 0. The zero-order chi connectivity index (χ0) is 32.4. The van der Waals surface area contributed by atoms with E-state index in [0.29, 0.717) is 0 Å². The van der Waals surface area contributed by atoms with Crippen LogP contribution in [0, 0.1) is 60.3 Å². The van der Waals surface area contributed by atoms with Crippen LogP contribution in [0.2, 0.25) is 48.4 Å². The Morgan fingerprint density at radius 3 is 0.875 bits per heavy atom. The Labute approximate surface area is 392 Å². The molecule has 0 N–H and O–H groups in total. The maximum atomic E-state index is 3.49. The van der Waals surface area contributed by atoms with Gasteiger partial charge in [0.2, 0.25) is 0 Å². The summed E-state index contributed by atoms with van der Waals surface area (Å²) in [5, 5.41) is 0. The quantitative estimate of drug-likeness (QED) is 0.150. The molecule has 0 radical (unpaired) electrons. The Morgan fingerprint density at radius 2 is 0.708 bits per heavy atom. The van der Waals surface area contributed by atoms with E-state index in [4.69, 9.17) is 0 Å². The Morgan fingerprint density at radius 1 is 0.500 bits per heavy atom. The monoisotopic (exact) mass is 951 g/mol. The van der Waals surface area contributed by atoms with Crippen LogP contribution < -0.4 is 0 Å². The molecule has 4 aliphatic rings. The summed E-state index contributed by atoms with van der Waals surface area (Å²) in [5.41, 5.74) is 11.1. The van der Waals surface area contributed by atoms with Crippen molar-refractivity contribution in [3.05, 3.63) is 58.9 Å². The third-order valence-corrected chi connectivity index (χ3v) is 23.6. The molecule has 0 bridgehead atoms. The maximum absolute atomic E-state index is 3.49. The first-order valence-electron chi connectivity index (χ1n) is 18.7. The van der Waals surface area contributed by atoms with Gasteiger partial charge in [-0.2, -0.15) is 6.42 Å². The van der Waals surface area contributed by atoms with Crippen molar-refractivity contribution in [1.82, 2.24) is 0 Å². The SMILES string of the molecule is CC1=C(C)[C@@H]([Si](C)(C)C2CCCCC2)[C@H](C)[C@@H]1C.CC1=C(C)[C@@H]([Si](C)(C)C2CCCCC2)[C@H](C)[C@@H]1C.CCC.[Ba+2].[Ba+2].[CH2-]CC.[CH3-].[CH3-].[CH3-].[CH3-]. The Hall–Kier alpha value is 3.06. The van der Waals surface area contributed by atoms with Crippen LogP contribution in [0.15, 0.2) is 22.3 Å². The molecule has 0 aromatic carbocycles. The van der Waals surface area contributed by atoms with E-state index >= 15 is 0 Å². The van der Waals surface area contributed by atoms with Crippen LogP contribution in [0.25, 0.3) is 0 Å². The van der Waals surface area contributed by atoms with Crippen molar-refractivity contribution in [2.24, 2.45) is 23.7 Å². The number of hydrogen-bond acceptors (Lipinski definition) is 0. The van der Waals surface area contributed by atoms with Crippen molar-refractivity contribution >= 4 is 114 Å². The van der Waals surface area contributed by atoms with E-state index in [1.165, 1.54) is 70.6 Å². The van der Waals surface area contributed by atoms with Crippen molar-refractivity contribution < 1.29 is 0 Å². The molecule has 2 saturated carbocycles. The van der Waals surface area contributed by atoms with Gasteiger partial charge in [-0.05, 0) is 73.5 Å². The molecular weight excluding hydrogens is 859 g/mol. The van der Waals surface area contributed by atoms with Crippen molar-refractivity contribution in [3.8, 4) is 0 Å². The third-order valence-electron chi connectivity index (χ3n) is 13.1. The van der Waals surface area contributed by atoms with Crippen molar-refractivity contribution in [2.45, 2.75) is 202 Å². The van der Waals surface area contributed by atoms with E-state index < -0.39 is 16.1 Å². The molecule has 4 heteroatoms. The van der Waals surface area contributed by atoms with Crippen LogP contribution >= 0.6 is 0 Å². The van der Waals surface area contributed by atoms with Gasteiger partial charge in [-0.25, -0.2) is 0 Å². The third kappa shape index (κ3) is 16.4. The molecule has 0 heterocycles. The molecule has 48 heavy (non-hydrogen) atoms. The predicted octanol–water partition coefficient (Wildman–Crippen LogP) is 15.7. The van der Waals surface area contributed by atoms with Crippen molar-refractivity contribution in [2.75, 3.05) is 0 Å². The number of rotatable bonds is 4. The molecule has 0 unspecified atom stereocenters. The first kappa shape index (κ1) is 63.0. The van der Waals surface area contributed by atoms with Gasteiger partial charge in [0.15, 0.2) is 0 Å². The minimum atomic E-state index is -1.14. The van der Waals surface area contributed by atoms with E-state index in [1.807, 2.05) is 6.92 Å². The average molecular weight is 951 g/mol. The van der Waals surface area contributed by atoms with Crippen LogP contribution in [-0.4, -0.2) is 114 Å². The molecule has 0 aromatic rings. The van der Waals surface area contributed by atoms with Crippen molar-refractivity contribution in [1.29, 1.82) is 0 Å². The summed E-state index contributed by atoms with van der Waals surface area (Å²) in [4.78, 5) is 0. The van der Waals surface area contributed by atoms with E-state index in [0.717, 1.165) is 52.3 Å². The molecular formula is C44H91Ba2Si2-. The Kier molecular flexibility index (Phi) is 39.8. The van der Waals surface area contributed by atoms with Gasteiger partial charge in [-0.3, -0.25) is 0 Å². The number of allylic oxidation sites excluding steroid dienone is 4. The molecule has 0 aromatic heterocycles. The molecule has 4 aliphatic carbocycles. The molecule has 0 nitrogen and oxygen atoms in total. The first-order chi connectivity index (χ1) is 19.6. The minimum Gasteiger partial charge on any atom is -0.358 e. The summed E-state index contributed by atoms with van der Waals surface area (Å²) in [6.07, 6.45) is 17.4. The van der Waals surface area contributed by atoms with Crippen LogP contribution in [-0.2, 0) is 0 Å². The second kappa shape index (κ2) is 30.3. The van der Waals surface area contributed by atoms with Crippen LogP contribution in [0.4, 0.5) is 0 Å². The molecule has 2 fully saturated rings. The van der Waals surface area contributed by atoms with Gasteiger partial charge in [0, 0.05) is 0 Å². The second-order valence-corrected chi connectivity index (χ2v) is 26.7. The van der Waals surface area contributed by atoms with Gasteiger partial charge in [-0.15, -0.1) is 0 Å². The minimum absolute atomic E-state index is 0. The first-order valence-corrected chi connectivity index (χ1v) is 25.0. The van der Waals surface area contributed by atoms with Gasteiger partial charge in [-0.1, -0.05) is 168 Å². The summed E-state index contributed by atoms with van der Waals surface area (Å²) >= 11 is 0. The topological polar surface area (TPSA) is 0 Å². The van der Waals surface area contributed by atoms with Gasteiger partial charge in [0.1, 0.15) is 0 Å². The zero-order valence-corrected chi connectivity index (χ0v) is 48.1. The fraction of sp³-hybridized carbons (Fsp3) is 0.795. The molecule has 0 aliphatic heterocycles. The normalized spacial score (nSPS) is 27.2. The smallest absolute Gasteiger partial charge is 0.358 e. The Balaban J connectivity index is -0.000000142. The standard InChI is InChI=1S/2C17H32Si.C3H8.C3H7.4CH3.2Ba/c2*1-12-13(2)15(4)17(14(12)3)18(5,6)16-10-8-7-9-11-16;2*1-3-2;;;;;;/h2*12,14,16-17H,7-11H2,1-6H3;3H2,1-2H3;1,3H2,2H3;4*1H3;;/q;;;5*-1;2*+2/t2*12-,14-,17+;;;;;;;;/m11......../s1. The molecule has 0 amide bonds. The molecule has 280 valence electrons. The second-order valence-electron chi connectivity index (χ2n) is 16.5. The summed E-state index contributed by atoms with van der Waals surface area (Å²) in [5.74, 6) is 3.44. The van der Waals surface area contributed by atoms with E-state index in [-0.39, 0.29) is 127 Å². The summed E-state index contributed by atoms with van der Waals surface area (Å²) in [6.45, 7) is 40.1. The van der Waals surface area contributed by atoms with Crippen LogP contribution in [0.3, 0.4) is 0 Å². The predicted molar refractivity (Wildman–Crippen MR) is 238 cm³/mol. The molecule has 6 atom stereocenters. The summed E-state index contributed by atoms with van der Waals surface area (Å²) < 4.78 is 0. The summed E-state index contributed by atoms with van der Waals surface area (Å²) in [6, 6.07) is 0. The molecule has 0 saturated heterocycles. The van der Waals surface area contributed by atoms with Crippen LogP contribution in [0.5, 0.6) is 0 Å². The maximum Gasteiger partial charge on any atom is 2.00 e. The van der Waals surface area contributed by atoms with Gasteiger partial charge in [0.05, 0.1) is 16.1 Å². The average Bonchev–Trinajstić information content (AvgIpc) is 3.28. The van der Waals surface area contributed by atoms with Gasteiger partial charge < -0.3 is 36.6 Å². The molecule has 0 spiro atoms. The fourth-order valence-electron chi connectivity index (χ4n) is 10.0. The zero-order valence-electron chi connectivity index (χ0n) is 37.2. The molecule has 4 rings (SSSR count). The fourth-order valence-corrected chi connectivity index (χ4v) is 20.8. The van der Waals surface area contributed by atoms with E-state index in [2.05, 4.69) is 102 Å².